The Morgan fingerprint density at radius 1 is 0.552 bits per heavy atom. The molecule has 0 aromatic heterocycles. The molecule has 3 atom stereocenters. The van der Waals surface area contributed by atoms with Crippen LogP contribution < -0.4 is 5.73 Å². The lowest BCUT2D eigenvalue weighted by Crippen LogP contribution is -2.34. The monoisotopic (exact) mass is 836 g/mol. The summed E-state index contributed by atoms with van der Waals surface area (Å²) in [6.07, 6.45) is 48.2. The van der Waals surface area contributed by atoms with E-state index in [9.17, 15) is 23.8 Å². The minimum atomic E-state index is -4.73. The number of ether oxygens (including phenoxy) is 2. The quantitative estimate of drug-likeness (QED) is 0.0176. The Bertz CT molecular complexity index is 1260. The molecule has 0 aliphatic rings. The van der Waals surface area contributed by atoms with Gasteiger partial charge in [0, 0.05) is 12.8 Å². The number of esters is 2. The van der Waals surface area contributed by atoms with E-state index in [1.807, 2.05) is 0 Å². The molecule has 11 nitrogen and oxygen atoms in total. The zero-order valence-corrected chi connectivity index (χ0v) is 36.8. The number of hydrogen-bond acceptors (Lipinski definition) is 9. The van der Waals surface area contributed by atoms with Crippen LogP contribution in [0.25, 0.3) is 0 Å². The second-order valence-corrected chi connectivity index (χ2v) is 16.0. The van der Waals surface area contributed by atoms with Crippen LogP contribution in [-0.2, 0) is 37.5 Å². The van der Waals surface area contributed by atoms with Crippen LogP contribution in [0, 0.1) is 0 Å². The van der Waals surface area contributed by atoms with Gasteiger partial charge in [0.2, 0.25) is 0 Å². The number of allylic oxidation sites excluding steroid dienone is 12. The lowest BCUT2D eigenvalue weighted by molar-refractivity contribution is -0.161. The fourth-order valence-electron chi connectivity index (χ4n) is 5.45. The molecule has 4 N–H and O–H groups in total. The lowest BCUT2D eigenvalue weighted by atomic mass is 10.1. The molecule has 0 aliphatic carbocycles. The van der Waals surface area contributed by atoms with Crippen molar-refractivity contribution in [3.8, 4) is 0 Å². The van der Waals surface area contributed by atoms with Gasteiger partial charge in [-0.05, 0) is 83.5 Å². The number of carboxylic acids is 1. The van der Waals surface area contributed by atoms with Crippen molar-refractivity contribution >= 4 is 25.7 Å². The summed E-state index contributed by atoms with van der Waals surface area (Å²) in [5.41, 5.74) is 5.33. The number of phosphoric ester groups is 1. The van der Waals surface area contributed by atoms with E-state index in [4.69, 9.17) is 24.8 Å². The molecule has 58 heavy (non-hydrogen) atoms. The van der Waals surface area contributed by atoms with E-state index in [0.717, 1.165) is 77.0 Å². The fourth-order valence-corrected chi connectivity index (χ4v) is 6.23. The van der Waals surface area contributed by atoms with Gasteiger partial charge in [-0.1, -0.05) is 145 Å². The van der Waals surface area contributed by atoms with Gasteiger partial charge in [0.1, 0.15) is 12.6 Å². The van der Waals surface area contributed by atoms with Gasteiger partial charge in [0.25, 0.3) is 0 Å². The van der Waals surface area contributed by atoms with Gasteiger partial charge in [0.15, 0.2) is 6.10 Å². The van der Waals surface area contributed by atoms with E-state index in [-0.39, 0.29) is 19.4 Å². The fraction of sp³-hybridized carbons (Fsp3) is 0.674. The standard InChI is InChI=1S/C46H78NO10P/c1-3-5-7-9-11-13-15-17-19-20-21-22-24-25-27-29-31-33-35-37-44(48)54-39-42(40-55-58(52,53)56-41-43(47)46(50)51)57-45(49)38-36-34-32-30-28-26-23-18-16-14-12-10-8-6-4-2/h11,13-14,16-19,21-23,25,27,42-43H,3-10,12,15,20,24,26,28-41,47H2,1-2H3,(H,50,51)(H,52,53)/b13-11+,16-14+,19-17+,22-21+,23-18+,27-25+/t42-,43+/m1/s1. The number of phosphoric acid groups is 1. The molecule has 0 radical (unpaired) electrons. The molecular formula is C46H78NO10P. The predicted molar refractivity (Wildman–Crippen MR) is 235 cm³/mol. The van der Waals surface area contributed by atoms with Crippen LogP contribution >= 0.6 is 7.82 Å². The summed E-state index contributed by atoms with van der Waals surface area (Å²) in [6.45, 7) is 2.69. The van der Waals surface area contributed by atoms with E-state index < -0.39 is 51.1 Å². The largest absolute Gasteiger partial charge is 0.480 e. The summed E-state index contributed by atoms with van der Waals surface area (Å²) >= 11 is 0. The zero-order valence-electron chi connectivity index (χ0n) is 35.9. The molecule has 0 fully saturated rings. The van der Waals surface area contributed by atoms with Crippen molar-refractivity contribution in [3.63, 3.8) is 0 Å². The molecule has 0 heterocycles. The Kier molecular flexibility index (Phi) is 38.5. The second-order valence-electron chi connectivity index (χ2n) is 14.5. The number of unbranched alkanes of at least 4 members (excludes halogenated alkanes) is 15. The Morgan fingerprint density at radius 2 is 0.966 bits per heavy atom. The molecule has 0 aromatic rings. The first kappa shape index (κ1) is 54.9. The van der Waals surface area contributed by atoms with Gasteiger partial charge in [-0.15, -0.1) is 0 Å². The van der Waals surface area contributed by atoms with Crippen LogP contribution in [0.2, 0.25) is 0 Å². The van der Waals surface area contributed by atoms with Crippen molar-refractivity contribution in [2.75, 3.05) is 19.8 Å². The molecule has 1 unspecified atom stereocenters. The van der Waals surface area contributed by atoms with E-state index in [1.165, 1.54) is 51.4 Å². The number of nitrogens with two attached hydrogens (primary N) is 1. The third-order valence-corrected chi connectivity index (χ3v) is 9.91. The Balaban J connectivity index is 4.46. The summed E-state index contributed by atoms with van der Waals surface area (Å²) in [4.78, 5) is 46.0. The lowest BCUT2D eigenvalue weighted by Gasteiger charge is -2.20. The number of aliphatic carboxylic acids is 1. The molecule has 0 aromatic carbocycles. The van der Waals surface area contributed by atoms with E-state index >= 15 is 0 Å². The van der Waals surface area contributed by atoms with Gasteiger partial charge in [0.05, 0.1) is 13.2 Å². The maximum atomic E-state index is 12.6. The average molecular weight is 836 g/mol. The highest BCUT2D eigenvalue weighted by Crippen LogP contribution is 2.43. The zero-order chi connectivity index (χ0) is 42.8. The smallest absolute Gasteiger partial charge is 0.472 e. The van der Waals surface area contributed by atoms with Crippen molar-refractivity contribution in [1.82, 2.24) is 0 Å². The molecule has 12 heteroatoms. The molecule has 332 valence electrons. The Labute approximate surface area is 350 Å². The molecular weight excluding hydrogens is 757 g/mol. The Hall–Kier alpha value is -3.08. The first-order valence-electron chi connectivity index (χ1n) is 22.0. The van der Waals surface area contributed by atoms with Gasteiger partial charge in [-0.3, -0.25) is 23.4 Å². The minimum absolute atomic E-state index is 0.133. The van der Waals surface area contributed by atoms with Crippen LogP contribution in [0.4, 0.5) is 0 Å². The minimum Gasteiger partial charge on any atom is -0.480 e. The second kappa shape index (κ2) is 40.7. The molecule has 0 bridgehead atoms. The molecule has 0 aliphatic heterocycles. The summed E-state index contributed by atoms with van der Waals surface area (Å²) in [5.74, 6) is -2.45. The van der Waals surface area contributed by atoms with Crippen molar-refractivity contribution in [2.24, 2.45) is 5.73 Å². The number of carbonyl (C=O) groups excluding carboxylic acids is 2. The topological polar surface area (TPSA) is 172 Å². The van der Waals surface area contributed by atoms with Crippen molar-refractivity contribution < 1.29 is 47.5 Å². The van der Waals surface area contributed by atoms with E-state index in [0.29, 0.717) is 12.8 Å². The number of rotatable bonds is 40. The molecule has 0 amide bonds. The van der Waals surface area contributed by atoms with Crippen LogP contribution in [-0.4, -0.2) is 59.9 Å². The molecule has 0 spiro atoms. The highest BCUT2D eigenvalue weighted by molar-refractivity contribution is 7.47. The van der Waals surface area contributed by atoms with Gasteiger partial charge in [-0.25, -0.2) is 4.57 Å². The molecule has 0 rings (SSSR count). The third-order valence-electron chi connectivity index (χ3n) is 8.95. The van der Waals surface area contributed by atoms with Crippen LogP contribution in [0.3, 0.4) is 0 Å². The van der Waals surface area contributed by atoms with Crippen molar-refractivity contribution in [2.45, 2.75) is 180 Å². The van der Waals surface area contributed by atoms with Gasteiger partial charge >= 0.3 is 25.7 Å². The average Bonchev–Trinajstić information content (AvgIpc) is 3.20. The maximum absolute atomic E-state index is 12.6. The highest BCUT2D eigenvalue weighted by atomic mass is 31.2. The summed E-state index contributed by atoms with van der Waals surface area (Å²) in [7, 11) is -4.73. The first-order chi connectivity index (χ1) is 28.1. The van der Waals surface area contributed by atoms with E-state index in [2.05, 4.69) is 91.3 Å². The van der Waals surface area contributed by atoms with Crippen LogP contribution in [0.1, 0.15) is 168 Å². The summed E-state index contributed by atoms with van der Waals surface area (Å²) in [6, 6.07) is -1.53. The SMILES string of the molecule is CCCCC/C=C/C/C=C/C/C=C/C/C=C/CCCCCC(=O)OC[C@H](COP(=O)(O)OC[C@H](N)C(=O)O)OC(=O)CCCCCCC/C=C/C=C/CCCCCC. The molecule has 0 saturated carbocycles. The van der Waals surface area contributed by atoms with Gasteiger partial charge < -0.3 is 25.2 Å². The van der Waals surface area contributed by atoms with Crippen LogP contribution in [0.5, 0.6) is 0 Å². The molecule has 0 saturated heterocycles. The normalized spacial score (nSPS) is 14.4. The van der Waals surface area contributed by atoms with Crippen molar-refractivity contribution in [3.05, 3.63) is 72.9 Å². The Morgan fingerprint density at radius 3 is 1.52 bits per heavy atom. The summed E-state index contributed by atoms with van der Waals surface area (Å²) in [5, 5.41) is 8.89. The van der Waals surface area contributed by atoms with E-state index in [1.54, 1.807) is 0 Å². The number of hydrogen-bond donors (Lipinski definition) is 3. The maximum Gasteiger partial charge on any atom is 0.472 e. The van der Waals surface area contributed by atoms with Crippen LogP contribution in [0.15, 0.2) is 72.9 Å². The predicted octanol–water partition coefficient (Wildman–Crippen LogP) is 11.7. The highest BCUT2D eigenvalue weighted by Gasteiger charge is 2.28. The van der Waals surface area contributed by atoms with Crippen molar-refractivity contribution in [1.29, 1.82) is 0 Å². The first-order valence-corrected chi connectivity index (χ1v) is 23.5. The van der Waals surface area contributed by atoms with Gasteiger partial charge in [-0.2, -0.15) is 0 Å². The third kappa shape index (κ3) is 39.7. The number of carboxylic acid groups (broad SMARTS) is 1. The number of carbonyl (C=O) groups is 3. The summed E-state index contributed by atoms with van der Waals surface area (Å²) < 4.78 is 32.6.